The number of fused-ring (bicyclic) bond motifs is 1. The van der Waals surface area contributed by atoms with E-state index in [1.54, 1.807) is 12.1 Å². The Kier molecular flexibility index (Phi) is 1.12. The second kappa shape index (κ2) is 1.99. The lowest BCUT2D eigenvalue weighted by Crippen LogP contribution is -2.12. The highest BCUT2D eigenvalue weighted by Crippen LogP contribution is 2.19. The zero-order valence-electron chi connectivity index (χ0n) is 5.79. The highest BCUT2D eigenvalue weighted by Gasteiger charge is 2.18. The van der Waals surface area contributed by atoms with E-state index in [9.17, 15) is 4.79 Å². The fourth-order valence-electron chi connectivity index (χ4n) is 1.20. The summed E-state index contributed by atoms with van der Waals surface area (Å²) in [6, 6.07) is 4.82. The SMILES string of the molecule is O=C1NCc2ccc(O)cc21. The van der Waals surface area contributed by atoms with Gasteiger partial charge >= 0.3 is 0 Å². The minimum Gasteiger partial charge on any atom is -0.508 e. The van der Waals surface area contributed by atoms with Gasteiger partial charge in [0.1, 0.15) is 5.75 Å². The zero-order valence-corrected chi connectivity index (χ0v) is 5.79. The van der Waals surface area contributed by atoms with E-state index in [1.165, 1.54) is 6.07 Å². The molecule has 1 aromatic carbocycles. The molecule has 2 rings (SSSR count). The van der Waals surface area contributed by atoms with Crippen LogP contribution in [0.3, 0.4) is 0 Å². The Labute approximate surface area is 63.7 Å². The Morgan fingerprint density at radius 2 is 2.27 bits per heavy atom. The molecular formula is C8H7NO2. The van der Waals surface area contributed by atoms with Gasteiger partial charge < -0.3 is 10.4 Å². The summed E-state index contributed by atoms with van der Waals surface area (Å²) in [5.74, 6) is 0.0386. The quantitative estimate of drug-likeness (QED) is 0.568. The number of benzene rings is 1. The van der Waals surface area contributed by atoms with E-state index in [4.69, 9.17) is 5.11 Å². The molecule has 0 saturated heterocycles. The zero-order chi connectivity index (χ0) is 7.84. The number of phenols is 1. The Bertz CT molecular complexity index is 320. The number of carbonyl (C=O) groups excluding carboxylic acids is 1. The van der Waals surface area contributed by atoms with Crippen molar-refractivity contribution in [1.82, 2.24) is 5.32 Å². The molecule has 0 aliphatic carbocycles. The molecule has 0 aromatic heterocycles. The minimum absolute atomic E-state index is 0.101. The molecule has 3 heteroatoms. The number of carbonyl (C=O) groups is 1. The van der Waals surface area contributed by atoms with E-state index in [0.717, 1.165) is 5.56 Å². The Hall–Kier alpha value is -1.51. The molecule has 1 heterocycles. The van der Waals surface area contributed by atoms with Crippen LogP contribution in [0.25, 0.3) is 0 Å². The molecule has 0 spiro atoms. The van der Waals surface area contributed by atoms with Gasteiger partial charge in [-0.2, -0.15) is 0 Å². The second-order valence-electron chi connectivity index (χ2n) is 2.52. The van der Waals surface area contributed by atoms with Crippen LogP contribution in [0.1, 0.15) is 15.9 Å². The van der Waals surface area contributed by atoms with E-state index in [2.05, 4.69) is 5.32 Å². The van der Waals surface area contributed by atoms with Crippen molar-refractivity contribution in [1.29, 1.82) is 0 Å². The van der Waals surface area contributed by atoms with E-state index < -0.39 is 0 Å². The monoisotopic (exact) mass is 149 g/mol. The van der Waals surface area contributed by atoms with Gasteiger partial charge in [-0.3, -0.25) is 4.79 Å². The average molecular weight is 149 g/mol. The van der Waals surface area contributed by atoms with E-state index >= 15 is 0 Å². The molecule has 1 aliphatic heterocycles. The molecule has 1 aromatic rings. The largest absolute Gasteiger partial charge is 0.508 e. The molecule has 0 bridgehead atoms. The summed E-state index contributed by atoms with van der Waals surface area (Å²) in [6.45, 7) is 0.578. The lowest BCUT2D eigenvalue weighted by Gasteiger charge is -1.94. The molecular weight excluding hydrogens is 142 g/mol. The number of amides is 1. The summed E-state index contributed by atoms with van der Waals surface area (Å²) in [5, 5.41) is 11.7. The molecule has 1 aliphatic rings. The molecule has 0 fully saturated rings. The predicted molar refractivity (Wildman–Crippen MR) is 39.3 cm³/mol. The summed E-state index contributed by atoms with van der Waals surface area (Å²) in [7, 11) is 0. The van der Waals surface area contributed by atoms with Crippen LogP contribution in [0.15, 0.2) is 18.2 Å². The number of phenolic OH excluding ortho intramolecular Hbond substituents is 1. The van der Waals surface area contributed by atoms with Gasteiger partial charge in [0.15, 0.2) is 0 Å². The first-order chi connectivity index (χ1) is 5.27. The maximum atomic E-state index is 11.0. The molecule has 0 saturated carbocycles. The second-order valence-corrected chi connectivity index (χ2v) is 2.52. The molecule has 2 N–H and O–H groups in total. The molecule has 56 valence electrons. The van der Waals surface area contributed by atoms with Crippen LogP contribution in [0.4, 0.5) is 0 Å². The van der Waals surface area contributed by atoms with E-state index in [-0.39, 0.29) is 11.7 Å². The standard InChI is InChI=1S/C8H7NO2/c10-6-2-1-5-4-9-8(11)7(5)3-6/h1-3,10H,4H2,(H,9,11). The molecule has 1 amide bonds. The maximum Gasteiger partial charge on any atom is 0.252 e. The van der Waals surface area contributed by atoms with Crippen molar-refractivity contribution < 1.29 is 9.90 Å². The topological polar surface area (TPSA) is 49.3 Å². The molecule has 0 atom stereocenters. The van der Waals surface area contributed by atoms with E-state index in [1.807, 2.05) is 0 Å². The van der Waals surface area contributed by atoms with Crippen molar-refractivity contribution in [2.75, 3.05) is 0 Å². The summed E-state index contributed by atoms with van der Waals surface area (Å²) in [6.07, 6.45) is 0. The van der Waals surface area contributed by atoms with Gasteiger partial charge in [-0.1, -0.05) is 6.07 Å². The van der Waals surface area contributed by atoms with Crippen LogP contribution in [0.5, 0.6) is 5.75 Å². The number of aromatic hydroxyl groups is 1. The number of hydrogen-bond acceptors (Lipinski definition) is 2. The van der Waals surface area contributed by atoms with Crippen LogP contribution in [0, 0.1) is 0 Å². The fraction of sp³-hybridized carbons (Fsp3) is 0.125. The van der Waals surface area contributed by atoms with Crippen LogP contribution in [0.2, 0.25) is 0 Å². The van der Waals surface area contributed by atoms with Crippen molar-refractivity contribution in [3.05, 3.63) is 29.3 Å². The smallest absolute Gasteiger partial charge is 0.252 e. The Morgan fingerprint density at radius 3 is 3.09 bits per heavy atom. The lowest BCUT2D eigenvalue weighted by atomic mass is 10.1. The van der Waals surface area contributed by atoms with Gasteiger partial charge in [0.25, 0.3) is 5.91 Å². The highest BCUT2D eigenvalue weighted by atomic mass is 16.3. The number of nitrogens with one attached hydrogen (secondary N) is 1. The number of rotatable bonds is 0. The third-order valence-electron chi connectivity index (χ3n) is 1.78. The molecule has 11 heavy (non-hydrogen) atoms. The van der Waals surface area contributed by atoms with Crippen LogP contribution in [-0.4, -0.2) is 11.0 Å². The Balaban J connectivity index is 2.60. The van der Waals surface area contributed by atoms with Gasteiger partial charge in [0.2, 0.25) is 0 Å². The molecule has 0 unspecified atom stereocenters. The first-order valence-corrected chi connectivity index (χ1v) is 3.37. The molecule has 0 radical (unpaired) electrons. The van der Waals surface area contributed by atoms with Crippen LogP contribution >= 0.6 is 0 Å². The summed E-state index contributed by atoms with van der Waals surface area (Å²) in [4.78, 5) is 11.0. The third-order valence-corrected chi connectivity index (χ3v) is 1.78. The van der Waals surface area contributed by atoms with Gasteiger partial charge in [-0.25, -0.2) is 0 Å². The predicted octanol–water partition coefficient (Wildman–Crippen LogP) is 0.636. The number of hydrogen-bond donors (Lipinski definition) is 2. The summed E-state index contributed by atoms with van der Waals surface area (Å²) < 4.78 is 0. The van der Waals surface area contributed by atoms with Gasteiger partial charge in [-0.05, 0) is 17.7 Å². The summed E-state index contributed by atoms with van der Waals surface area (Å²) >= 11 is 0. The van der Waals surface area contributed by atoms with Crippen molar-refractivity contribution >= 4 is 5.91 Å². The van der Waals surface area contributed by atoms with Gasteiger partial charge in [0.05, 0.1) is 0 Å². The van der Waals surface area contributed by atoms with Gasteiger partial charge in [0, 0.05) is 12.1 Å². The van der Waals surface area contributed by atoms with Crippen LogP contribution < -0.4 is 5.32 Å². The lowest BCUT2D eigenvalue weighted by molar-refractivity contribution is 0.0965. The molecule has 3 nitrogen and oxygen atoms in total. The normalized spacial score (nSPS) is 14.4. The minimum atomic E-state index is -0.101. The maximum absolute atomic E-state index is 11.0. The average Bonchev–Trinajstić information content (AvgIpc) is 2.33. The first kappa shape index (κ1) is 6.22. The highest BCUT2D eigenvalue weighted by molar-refractivity contribution is 5.98. The first-order valence-electron chi connectivity index (χ1n) is 3.37. The van der Waals surface area contributed by atoms with Gasteiger partial charge in [-0.15, -0.1) is 0 Å². The van der Waals surface area contributed by atoms with Crippen molar-refractivity contribution in [2.45, 2.75) is 6.54 Å². The van der Waals surface area contributed by atoms with Crippen molar-refractivity contribution in [3.63, 3.8) is 0 Å². The van der Waals surface area contributed by atoms with Crippen molar-refractivity contribution in [3.8, 4) is 5.75 Å². The Morgan fingerprint density at radius 1 is 1.45 bits per heavy atom. The summed E-state index contributed by atoms with van der Waals surface area (Å²) in [5.41, 5.74) is 1.54. The fourth-order valence-corrected chi connectivity index (χ4v) is 1.20. The van der Waals surface area contributed by atoms with Crippen molar-refractivity contribution in [2.24, 2.45) is 0 Å². The van der Waals surface area contributed by atoms with Crippen LogP contribution in [-0.2, 0) is 6.54 Å². The van der Waals surface area contributed by atoms with E-state index in [0.29, 0.717) is 12.1 Å². The third kappa shape index (κ3) is 0.852.